The number of phenols is 2. The van der Waals surface area contributed by atoms with Gasteiger partial charge in [-0.25, -0.2) is 0 Å². The highest BCUT2D eigenvalue weighted by Gasteiger charge is 1.99. The summed E-state index contributed by atoms with van der Waals surface area (Å²) in [5.41, 5.74) is 5.31. The first-order valence-corrected chi connectivity index (χ1v) is 9.33. The van der Waals surface area contributed by atoms with E-state index in [1.165, 1.54) is 22.3 Å². The summed E-state index contributed by atoms with van der Waals surface area (Å²) >= 11 is 0. The van der Waals surface area contributed by atoms with Gasteiger partial charge in [0.25, 0.3) is 0 Å². The molecule has 0 aromatic heterocycles. The number of benzene rings is 3. The van der Waals surface area contributed by atoms with Crippen LogP contribution in [0.1, 0.15) is 35.1 Å². The molecule has 2 nitrogen and oxygen atoms in total. The SMILES string of the molecule is Oc1ccc(CCCc2ccc(CCCc3ccc(O)cc3)cc2)cc1. The largest absolute Gasteiger partial charge is 0.508 e. The van der Waals surface area contributed by atoms with Crippen LogP contribution in [-0.4, -0.2) is 10.2 Å². The highest BCUT2D eigenvalue weighted by atomic mass is 16.3. The maximum Gasteiger partial charge on any atom is 0.115 e. The van der Waals surface area contributed by atoms with Gasteiger partial charge in [0.15, 0.2) is 0 Å². The van der Waals surface area contributed by atoms with E-state index in [-0.39, 0.29) is 0 Å². The summed E-state index contributed by atoms with van der Waals surface area (Å²) in [4.78, 5) is 0. The van der Waals surface area contributed by atoms with Crippen molar-refractivity contribution in [2.45, 2.75) is 38.5 Å². The molecule has 26 heavy (non-hydrogen) atoms. The Morgan fingerprint density at radius 1 is 0.385 bits per heavy atom. The van der Waals surface area contributed by atoms with E-state index in [2.05, 4.69) is 24.3 Å². The molecule has 2 N–H and O–H groups in total. The molecule has 3 aromatic rings. The van der Waals surface area contributed by atoms with Crippen LogP contribution in [-0.2, 0) is 25.7 Å². The topological polar surface area (TPSA) is 40.5 Å². The third kappa shape index (κ3) is 5.66. The van der Waals surface area contributed by atoms with E-state index in [1.54, 1.807) is 24.3 Å². The van der Waals surface area contributed by atoms with Gasteiger partial charge < -0.3 is 10.2 Å². The van der Waals surface area contributed by atoms with Crippen LogP contribution in [0.15, 0.2) is 72.8 Å². The Balaban J connectivity index is 1.40. The maximum absolute atomic E-state index is 9.31. The maximum atomic E-state index is 9.31. The van der Waals surface area contributed by atoms with Gasteiger partial charge in [0.2, 0.25) is 0 Å². The molecule has 0 radical (unpaired) electrons. The summed E-state index contributed by atoms with van der Waals surface area (Å²) in [6.07, 6.45) is 6.46. The van der Waals surface area contributed by atoms with Crippen molar-refractivity contribution in [2.75, 3.05) is 0 Å². The smallest absolute Gasteiger partial charge is 0.115 e. The summed E-state index contributed by atoms with van der Waals surface area (Å²) in [6.45, 7) is 0. The van der Waals surface area contributed by atoms with Crippen molar-refractivity contribution in [1.29, 1.82) is 0 Å². The molecular weight excluding hydrogens is 320 g/mol. The molecule has 0 bridgehead atoms. The average molecular weight is 346 g/mol. The van der Waals surface area contributed by atoms with Crippen LogP contribution in [0.2, 0.25) is 0 Å². The van der Waals surface area contributed by atoms with Crippen LogP contribution in [0.3, 0.4) is 0 Å². The van der Waals surface area contributed by atoms with Crippen LogP contribution in [0.4, 0.5) is 0 Å². The van der Waals surface area contributed by atoms with E-state index >= 15 is 0 Å². The number of hydrogen-bond acceptors (Lipinski definition) is 2. The molecule has 0 fully saturated rings. The van der Waals surface area contributed by atoms with Crippen molar-refractivity contribution in [1.82, 2.24) is 0 Å². The molecule has 0 spiro atoms. The van der Waals surface area contributed by atoms with Crippen molar-refractivity contribution in [3.05, 3.63) is 95.1 Å². The van der Waals surface area contributed by atoms with Gasteiger partial charge in [0, 0.05) is 0 Å². The zero-order valence-electron chi connectivity index (χ0n) is 15.1. The molecule has 0 aliphatic carbocycles. The van der Waals surface area contributed by atoms with Crippen LogP contribution >= 0.6 is 0 Å². The normalized spacial score (nSPS) is 10.8. The lowest BCUT2D eigenvalue weighted by molar-refractivity contribution is 0.474. The van der Waals surface area contributed by atoms with Gasteiger partial charge in [-0.1, -0.05) is 48.5 Å². The lowest BCUT2D eigenvalue weighted by atomic mass is 10.0. The fourth-order valence-electron chi connectivity index (χ4n) is 3.19. The van der Waals surface area contributed by atoms with Gasteiger partial charge in [-0.15, -0.1) is 0 Å². The lowest BCUT2D eigenvalue weighted by Gasteiger charge is -2.06. The van der Waals surface area contributed by atoms with Crippen LogP contribution in [0, 0.1) is 0 Å². The molecule has 0 heterocycles. The van der Waals surface area contributed by atoms with Gasteiger partial charge in [-0.3, -0.25) is 0 Å². The number of phenolic OH excluding ortho intramolecular Hbond substituents is 2. The van der Waals surface area contributed by atoms with Gasteiger partial charge in [0.05, 0.1) is 0 Å². The molecule has 0 aliphatic rings. The Kier molecular flexibility index (Phi) is 6.32. The van der Waals surface area contributed by atoms with Crippen LogP contribution in [0.25, 0.3) is 0 Å². The Hall–Kier alpha value is -2.74. The van der Waals surface area contributed by atoms with E-state index < -0.39 is 0 Å². The Morgan fingerprint density at radius 2 is 0.615 bits per heavy atom. The highest BCUT2D eigenvalue weighted by molar-refractivity contribution is 5.28. The summed E-state index contributed by atoms with van der Waals surface area (Å²) < 4.78 is 0. The first-order chi connectivity index (χ1) is 12.7. The summed E-state index contributed by atoms with van der Waals surface area (Å²) in [6, 6.07) is 24.0. The predicted molar refractivity (Wildman–Crippen MR) is 107 cm³/mol. The monoisotopic (exact) mass is 346 g/mol. The molecule has 0 aliphatic heterocycles. The zero-order chi connectivity index (χ0) is 18.2. The van der Waals surface area contributed by atoms with Gasteiger partial charge in [0.1, 0.15) is 11.5 Å². The Labute approximate surface area is 155 Å². The van der Waals surface area contributed by atoms with Crippen LogP contribution in [0.5, 0.6) is 11.5 Å². The van der Waals surface area contributed by atoms with Crippen molar-refractivity contribution in [2.24, 2.45) is 0 Å². The van der Waals surface area contributed by atoms with Crippen molar-refractivity contribution >= 4 is 0 Å². The summed E-state index contributed by atoms with van der Waals surface area (Å²) in [5, 5.41) is 18.6. The van der Waals surface area contributed by atoms with Crippen molar-refractivity contribution < 1.29 is 10.2 Å². The minimum atomic E-state index is 0.328. The predicted octanol–water partition coefficient (Wildman–Crippen LogP) is 5.45. The van der Waals surface area contributed by atoms with E-state index in [0.29, 0.717) is 11.5 Å². The lowest BCUT2D eigenvalue weighted by Crippen LogP contribution is -1.93. The van der Waals surface area contributed by atoms with Gasteiger partial charge in [-0.2, -0.15) is 0 Å². The molecule has 0 amide bonds. The minimum absolute atomic E-state index is 0.328. The van der Waals surface area contributed by atoms with Gasteiger partial charge >= 0.3 is 0 Å². The van der Waals surface area contributed by atoms with Crippen molar-refractivity contribution in [3.63, 3.8) is 0 Å². The summed E-state index contributed by atoms with van der Waals surface area (Å²) in [5.74, 6) is 0.657. The van der Waals surface area contributed by atoms with E-state index in [4.69, 9.17) is 0 Å². The molecule has 2 heteroatoms. The number of hydrogen-bond donors (Lipinski definition) is 2. The average Bonchev–Trinajstić information content (AvgIpc) is 2.66. The summed E-state index contributed by atoms with van der Waals surface area (Å²) in [7, 11) is 0. The minimum Gasteiger partial charge on any atom is -0.508 e. The van der Waals surface area contributed by atoms with E-state index in [9.17, 15) is 10.2 Å². The standard InChI is InChI=1S/C24H26O2/c25-23-15-11-21(12-16-23)5-1-3-19-7-9-20(10-8-19)4-2-6-22-13-17-24(26)18-14-22/h7-18,25-26H,1-6H2. The number of rotatable bonds is 8. The molecule has 3 rings (SSSR count). The molecule has 0 saturated heterocycles. The molecular formula is C24H26O2. The molecule has 0 atom stereocenters. The third-order valence-corrected chi connectivity index (χ3v) is 4.76. The van der Waals surface area contributed by atoms with E-state index in [1.807, 2.05) is 24.3 Å². The Morgan fingerprint density at radius 3 is 0.885 bits per heavy atom. The first kappa shape index (κ1) is 18.1. The quantitative estimate of drug-likeness (QED) is 0.569. The zero-order valence-corrected chi connectivity index (χ0v) is 15.1. The molecule has 0 unspecified atom stereocenters. The first-order valence-electron chi connectivity index (χ1n) is 9.33. The third-order valence-electron chi connectivity index (χ3n) is 4.76. The molecule has 0 saturated carbocycles. The second-order valence-electron chi connectivity index (χ2n) is 6.86. The van der Waals surface area contributed by atoms with Crippen LogP contribution < -0.4 is 0 Å². The van der Waals surface area contributed by atoms with Gasteiger partial charge in [-0.05, 0) is 85.0 Å². The molecule has 134 valence electrons. The number of aromatic hydroxyl groups is 2. The Bertz CT molecular complexity index is 717. The molecule has 3 aromatic carbocycles. The van der Waals surface area contributed by atoms with E-state index in [0.717, 1.165) is 38.5 Å². The second-order valence-corrected chi connectivity index (χ2v) is 6.86. The fourth-order valence-corrected chi connectivity index (χ4v) is 3.19. The fraction of sp³-hybridized carbons (Fsp3) is 0.250. The number of aryl methyl sites for hydroxylation is 4. The van der Waals surface area contributed by atoms with Crippen molar-refractivity contribution in [3.8, 4) is 11.5 Å². The second kappa shape index (κ2) is 9.10. The highest BCUT2D eigenvalue weighted by Crippen LogP contribution is 2.15.